The van der Waals surface area contributed by atoms with E-state index in [-0.39, 0.29) is 19.6 Å². The molecule has 10 aromatic rings. The molecule has 0 N–H and O–H groups in total. The molecule has 0 radical (unpaired) electrons. The minimum Gasteiger partial charge on any atom is -0.218 e. The molecule has 60 heavy (non-hydrogen) atoms. The maximum Gasteiger partial charge on any atom is 0.209 e. The Kier molecular flexibility index (Phi) is 7.07. The Bertz CT molecular complexity index is 3640. The Morgan fingerprint density at radius 1 is 0.300 bits per heavy atom. The van der Waals surface area contributed by atoms with Gasteiger partial charge in [-0.1, -0.05) is 121 Å². The van der Waals surface area contributed by atoms with Crippen molar-refractivity contribution in [3.8, 4) is 44.5 Å². The average Bonchev–Trinajstić information content (AvgIpc) is 3.66. The van der Waals surface area contributed by atoms with Crippen molar-refractivity contribution < 1.29 is 16.8 Å². The third kappa shape index (κ3) is 4.50. The summed E-state index contributed by atoms with van der Waals surface area (Å²) in [6.45, 7) is 8.56. The zero-order valence-electron chi connectivity index (χ0n) is 33.3. The molecule has 2 aliphatic heterocycles. The molecule has 2 heterocycles. The highest BCUT2D eigenvalue weighted by atomic mass is 32.2. The molecule has 10 aromatic carbocycles. The fourth-order valence-corrected chi connectivity index (χ4v) is 14.6. The molecule has 0 aliphatic carbocycles. The summed E-state index contributed by atoms with van der Waals surface area (Å²) in [6.07, 6.45) is 0. The molecular weight excluding hydrogens is 777 g/mol. The highest BCUT2D eigenvalue weighted by Crippen LogP contribution is 2.58. The first kappa shape index (κ1) is 35.4. The van der Waals surface area contributed by atoms with Gasteiger partial charge in [-0.15, -0.1) is 0 Å². The first-order valence-corrected chi connectivity index (χ1v) is 23.1. The van der Waals surface area contributed by atoms with Gasteiger partial charge in [0.1, 0.15) is 0 Å². The van der Waals surface area contributed by atoms with Gasteiger partial charge in [-0.05, 0) is 150 Å². The van der Waals surface area contributed by atoms with E-state index in [1.165, 1.54) is 43.8 Å². The van der Waals surface area contributed by atoms with E-state index >= 15 is 16.8 Å². The second-order valence-electron chi connectivity index (χ2n) is 16.5. The summed E-state index contributed by atoms with van der Waals surface area (Å²) in [5.41, 5.74) is 10.0. The van der Waals surface area contributed by atoms with Gasteiger partial charge in [0.05, 0.1) is 19.6 Å². The molecule has 12 rings (SSSR count). The van der Waals surface area contributed by atoms with Gasteiger partial charge in [0, 0.05) is 22.3 Å². The van der Waals surface area contributed by atoms with E-state index in [9.17, 15) is 0 Å². The number of hydrogen-bond acceptors (Lipinski definition) is 4. The van der Waals surface area contributed by atoms with Crippen LogP contribution in [0.15, 0.2) is 165 Å². The quantitative estimate of drug-likeness (QED) is 0.163. The van der Waals surface area contributed by atoms with Crippen LogP contribution in [0, 0.1) is 27.7 Å². The molecule has 6 heteroatoms. The fraction of sp³-hybridized carbons (Fsp3) is 0.0741. The molecule has 0 amide bonds. The summed E-state index contributed by atoms with van der Waals surface area (Å²) in [7, 11) is -8.56. The van der Waals surface area contributed by atoms with Crippen molar-refractivity contribution in [3.05, 3.63) is 168 Å². The van der Waals surface area contributed by atoms with Crippen LogP contribution in [0.5, 0.6) is 0 Å². The highest BCUT2D eigenvalue weighted by molar-refractivity contribution is 7.95. The molecule has 4 nitrogen and oxygen atoms in total. The molecule has 2 aliphatic rings. The normalized spacial score (nSPS) is 14.5. The standard InChI is InChI=1S/C54H36O4S2/c1-29-31(3)47-25-33(17-21-41(47)39-13-7-5-11-37(29)39)35-19-23-45-49(27-35)59(55,56)53-51(45)43-15-9-10-16-44(43)52-46-24-20-36(28-50(46)60(57,58)54(52)53)34-18-22-42-40-14-8-6-12-38(40)30(2)32(4)48(42)26-34/h5-28H,1-4H3. The third-order valence-corrected chi connectivity index (χ3v) is 17.5. The SMILES string of the molecule is Cc1c(C)c2cc(-c3ccc4c(c3)S(=O)(=O)c3c5c(c6ccccc6c3-4)-c3ccc(-c4ccc6c(c4)c(C)c(C)c4ccccc46)cc3S5(=O)=O)ccc2c2ccccc12. The minimum absolute atomic E-state index is 0.124. The molecule has 0 atom stereocenters. The monoisotopic (exact) mass is 812 g/mol. The summed E-state index contributed by atoms with van der Waals surface area (Å²) in [6, 6.07) is 48.1. The summed E-state index contributed by atoms with van der Waals surface area (Å²) < 4.78 is 60.2. The number of hydrogen-bond donors (Lipinski definition) is 0. The van der Waals surface area contributed by atoms with E-state index in [0.717, 1.165) is 43.8 Å². The molecular formula is C54H36O4S2. The van der Waals surface area contributed by atoms with Crippen molar-refractivity contribution in [2.24, 2.45) is 0 Å². The lowest BCUT2D eigenvalue weighted by Crippen LogP contribution is -2.06. The van der Waals surface area contributed by atoms with Crippen LogP contribution >= 0.6 is 0 Å². The van der Waals surface area contributed by atoms with Crippen LogP contribution in [-0.4, -0.2) is 16.8 Å². The minimum atomic E-state index is -4.28. The van der Waals surface area contributed by atoms with Gasteiger partial charge in [0.25, 0.3) is 0 Å². The van der Waals surface area contributed by atoms with Gasteiger partial charge in [-0.25, -0.2) is 16.8 Å². The lowest BCUT2D eigenvalue weighted by atomic mass is 9.89. The highest BCUT2D eigenvalue weighted by Gasteiger charge is 2.46. The van der Waals surface area contributed by atoms with Crippen LogP contribution in [0.4, 0.5) is 0 Å². The number of benzene rings is 10. The molecule has 0 saturated carbocycles. The number of rotatable bonds is 2. The summed E-state index contributed by atoms with van der Waals surface area (Å²) in [5.74, 6) is 0. The molecule has 0 unspecified atom stereocenters. The first-order chi connectivity index (χ1) is 28.9. The van der Waals surface area contributed by atoms with Crippen molar-refractivity contribution in [1.82, 2.24) is 0 Å². The van der Waals surface area contributed by atoms with E-state index in [1.54, 1.807) is 12.1 Å². The third-order valence-electron chi connectivity index (χ3n) is 13.6. The molecule has 0 bridgehead atoms. The first-order valence-electron chi connectivity index (χ1n) is 20.2. The maximum atomic E-state index is 15.1. The van der Waals surface area contributed by atoms with Crippen molar-refractivity contribution in [3.63, 3.8) is 0 Å². The van der Waals surface area contributed by atoms with E-state index in [0.29, 0.717) is 33.0 Å². The number of sulfone groups is 2. The van der Waals surface area contributed by atoms with Crippen LogP contribution in [0.1, 0.15) is 22.3 Å². The predicted octanol–water partition coefficient (Wildman–Crippen LogP) is 13.6. The second-order valence-corrected chi connectivity index (χ2v) is 20.2. The Hall–Kier alpha value is -6.60. The lowest BCUT2D eigenvalue weighted by molar-refractivity contribution is 0.587. The smallest absolute Gasteiger partial charge is 0.209 e. The van der Waals surface area contributed by atoms with E-state index < -0.39 is 19.7 Å². The molecule has 0 spiro atoms. The Labute approximate surface area is 348 Å². The van der Waals surface area contributed by atoms with Gasteiger partial charge in [0.2, 0.25) is 19.7 Å². The van der Waals surface area contributed by atoms with Gasteiger partial charge in [0.15, 0.2) is 0 Å². The Balaban J connectivity index is 1.03. The molecule has 288 valence electrons. The van der Waals surface area contributed by atoms with Crippen LogP contribution in [0.3, 0.4) is 0 Å². The zero-order valence-corrected chi connectivity index (χ0v) is 34.9. The van der Waals surface area contributed by atoms with E-state index in [4.69, 9.17) is 0 Å². The summed E-state index contributed by atoms with van der Waals surface area (Å²) >= 11 is 0. The number of aryl methyl sites for hydroxylation is 4. The van der Waals surface area contributed by atoms with E-state index in [1.807, 2.05) is 60.7 Å². The van der Waals surface area contributed by atoms with Crippen LogP contribution in [0.25, 0.3) is 98.4 Å². The van der Waals surface area contributed by atoms with Gasteiger partial charge in [-0.3, -0.25) is 0 Å². The molecule has 0 aromatic heterocycles. The summed E-state index contributed by atoms with van der Waals surface area (Å²) in [5, 5.41) is 10.8. The zero-order chi connectivity index (χ0) is 41.0. The Morgan fingerprint density at radius 2 is 0.600 bits per heavy atom. The van der Waals surface area contributed by atoms with Gasteiger partial charge < -0.3 is 0 Å². The van der Waals surface area contributed by atoms with Crippen molar-refractivity contribution in [2.75, 3.05) is 0 Å². The van der Waals surface area contributed by atoms with Crippen LogP contribution < -0.4 is 0 Å². The maximum absolute atomic E-state index is 15.1. The predicted molar refractivity (Wildman–Crippen MR) is 246 cm³/mol. The van der Waals surface area contributed by atoms with Crippen LogP contribution in [0.2, 0.25) is 0 Å². The van der Waals surface area contributed by atoms with Crippen molar-refractivity contribution in [1.29, 1.82) is 0 Å². The van der Waals surface area contributed by atoms with Crippen LogP contribution in [-0.2, 0) is 19.7 Å². The van der Waals surface area contributed by atoms with Gasteiger partial charge in [-0.2, -0.15) is 0 Å². The lowest BCUT2D eigenvalue weighted by Gasteiger charge is -2.14. The van der Waals surface area contributed by atoms with Crippen molar-refractivity contribution >= 4 is 73.5 Å². The van der Waals surface area contributed by atoms with Gasteiger partial charge >= 0.3 is 0 Å². The van der Waals surface area contributed by atoms with E-state index in [2.05, 4.69) is 100 Å². The second kappa shape index (κ2) is 12.0. The summed E-state index contributed by atoms with van der Waals surface area (Å²) in [4.78, 5) is 0.00462. The number of fused-ring (bicyclic) bond motifs is 16. The largest absolute Gasteiger partial charge is 0.218 e. The average molecular weight is 813 g/mol. The van der Waals surface area contributed by atoms with Crippen molar-refractivity contribution in [2.45, 2.75) is 47.3 Å². The molecule has 0 fully saturated rings. The topological polar surface area (TPSA) is 68.3 Å². The fourth-order valence-electron chi connectivity index (χ4n) is 10.4. The Morgan fingerprint density at radius 3 is 1.00 bits per heavy atom. The molecule has 0 saturated heterocycles.